The maximum absolute atomic E-state index is 12.5. The molecule has 26 heavy (non-hydrogen) atoms. The van der Waals surface area contributed by atoms with Crippen LogP contribution in [-0.4, -0.2) is 20.6 Å². The normalized spacial score (nSPS) is 14.8. The van der Waals surface area contributed by atoms with Crippen LogP contribution in [-0.2, 0) is 7.05 Å². The van der Waals surface area contributed by atoms with Crippen LogP contribution in [0.15, 0.2) is 42.0 Å². The van der Waals surface area contributed by atoms with Crippen LogP contribution in [0, 0.1) is 12.8 Å². The summed E-state index contributed by atoms with van der Waals surface area (Å²) >= 11 is 1.62. The second kappa shape index (κ2) is 6.92. The topological polar surface area (TPSA) is 71.8 Å². The van der Waals surface area contributed by atoms with Crippen molar-refractivity contribution in [3.05, 3.63) is 52.9 Å². The fourth-order valence-corrected chi connectivity index (χ4v) is 3.68. The molecule has 0 spiro atoms. The van der Waals surface area contributed by atoms with Crippen molar-refractivity contribution in [3.63, 3.8) is 0 Å². The number of aromatic nitrogens is 3. The summed E-state index contributed by atoms with van der Waals surface area (Å²) < 4.78 is 1.97. The van der Waals surface area contributed by atoms with Gasteiger partial charge in [0.05, 0.1) is 16.7 Å². The van der Waals surface area contributed by atoms with Gasteiger partial charge in [0.1, 0.15) is 5.82 Å². The molecule has 0 radical (unpaired) electrons. The van der Waals surface area contributed by atoms with E-state index >= 15 is 0 Å². The van der Waals surface area contributed by atoms with E-state index in [1.165, 1.54) is 0 Å². The lowest BCUT2D eigenvalue weighted by molar-refractivity contribution is 0.246. The molecule has 1 fully saturated rings. The first-order chi connectivity index (χ1) is 12.6. The van der Waals surface area contributed by atoms with E-state index in [1.807, 2.05) is 54.4 Å². The maximum Gasteiger partial charge on any atom is 0.319 e. The highest BCUT2D eigenvalue weighted by molar-refractivity contribution is 7.09. The molecular weight excluding hydrogens is 346 g/mol. The van der Waals surface area contributed by atoms with E-state index in [0.29, 0.717) is 5.92 Å². The number of nitrogens with one attached hydrogen (secondary N) is 2. The Morgan fingerprint density at radius 1 is 1.38 bits per heavy atom. The van der Waals surface area contributed by atoms with E-state index in [0.717, 1.165) is 40.6 Å². The van der Waals surface area contributed by atoms with Crippen molar-refractivity contribution in [1.82, 2.24) is 19.9 Å². The van der Waals surface area contributed by atoms with Crippen LogP contribution < -0.4 is 10.6 Å². The number of thiazole rings is 1. The van der Waals surface area contributed by atoms with Crippen molar-refractivity contribution in [2.45, 2.75) is 25.8 Å². The molecule has 0 saturated heterocycles. The molecule has 1 aliphatic carbocycles. The first-order valence-corrected chi connectivity index (χ1v) is 9.55. The molecule has 1 aliphatic rings. The summed E-state index contributed by atoms with van der Waals surface area (Å²) in [5.74, 6) is 1.36. The number of anilines is 1. The minimum Gasteiger partial charge on any atom is -0.336 e. The van der Waals surface area contributed by atoms with Crippen molar-refractivity contribution in [2.75, 3.05) is 5.32 Å². The standard InChI is InChI=1S/C19H21N5OS/c1-12-21-16(11-26-12)14-4-3-5-15(10-14)22-19(25)23-17(13-6-7-13)18-20-8-9-24(18)2/h3-5,8-11,13,17H,6-7H2,1-2H3,(H2,22,23,25)/t17-/m1/s1. The molecular formula is C19H21N5OS. The molecule has 7 heteroatoms. The number of hydrogen-bond donors (Lipinski definition) is 2. The summed E-state index contributed by atoms with van der Waals surface area (Å²) in [4.78, 5) is 21.5. The number of rotatable bonds is 5. The molecule has 0 aliphatic heterocycles. The number of hydrogen-bond acceptors (Lipinski definition) is 4. The van der Waals surface area contributed by atoms with Crippen LogP contribution in [0.25, 0.3) is 11.3 Å². The Balaban J connectivity index is 1.47. The second-order valence-electron chi connectivity index (χ2n) is 6.64. The molecule has 2 amide bonds. The smallest absolute Gasteiger partial charge is 0.319 e. The first-order valence-electron chi connectivity index (χ1n) is 8.67. The van der Waals surface area contributed by atoms with Crippen LogP contribution in [0.2, 0.25) is 0 Å². The van der Waals surface area contributed by atoms with Gasteiger partial charge in [0.2, 0.25) is 0 Å². The highest BCUT2D eigenvalue weighted by atomic mass is 32.1. The lowest BCUT2D eigenvalue weighted by Crippen LogP contribution is -2.35. The zero-order valence-corrected chi connectivity index (χ0v) is 15.6. The first kappa shape index (κ1) is 16.8. The molecule has 3 aromatic rings. The molecule has 6 nitrogen and oxygen atoms in total. The summed E-state index contributed by atoms with van der Waals surface area (Å²) in [5.41, 5.74) is 2.68. The number of carbonyl (C=O) groups is 1. The van der Waals surface area contributed by atoms with Gasteiger partial charge in [-0.05, 0) is 37.8 Å². The highest BCUT2D eigenvalue weighted by Crippen LogP contribution is 2.40. The average molecular weight is 367 g/mol. The van der Waals surface area contributed by atoms with E-state index in [4.69, 9.17) is 0 Å². The lowest BCUT2D eigenvalue weighted by atomic mass is 10.1. The zero-order valence-electron chi connectivity index (χ0n) is 14.8. The lowest BCUT2D eigenvalue weighted by Gasteiger charge is -2.18. The number of urea groups is 1. The van der Waals surface area contributed by atoms with Crippen LogP contribution in [0.5, 0.6) is 0 Å². The van der Waals surface area contributed by atoms with Crippen LogP contribution in [0.4, 0.5) is 10.5 Å². The molecule has 0 bridgehead atoms. The minimum absolute atomic E-state index is 0.0561. The third-order valence-corrected chi connectivity index (χ3v) is 5.33. The van der Waals surface area contributed by atoms with Crippen LogP contribution in [0.3, 0.4) is 0 Å². The van der Waals surface area contributed by atoms with E-state index in [9.17, 15) is 4.79 Å². The Morgan fingerprint density at radius 3 is 2.88 bits per heavy atom. The van der Waals surface area contributed by atoms with E-state index < -0.39 is 0 Å². The molecule has 2 heterocycles. The minimum atomic E-state index is -0.212. The number of amides is 2. The predicted octanol–water partition coefficient (Wildman–Crippen LogP) is 4.12. The third-order valence-electron chi connectivity index (χ3n) is 4.55. The zero-order chi connectivity index (χ0) is 18.1. The van der Waals surface area contributed by atoms with Gasteiger partial charge in [-0.2, -0.15) is 0 Å². The molecule has 2 N–H and O–H groups in total. The number of nitrogens with zero attached hydrogens (tertiary/aromatic N) is 3. The Bertz CT molecular complexity index is 927. The van der Waals surface area contributed by atoms with Gasteiger partial charge in [0.25, 0.3) is 0 Å². The Kier molecular flexibility index (Phi) is 4.46. The van der Waals surface area contributed by atoms with Gasteiger partial charge in [-0.25, -0.2) is 14.8 Å². The summed E-state index contributed by atoms with van der Waals surface area (Å²) in [6.07, 6.45) is 5.92. The SMILES string of the molecule is Cc1nc(-c2cccc(NC(=O)N[C@@H](c3nccn3C)C3CC3)c2)cs1. The van der Waals surface area contributed by atoms with Gasteiger partial charge >= 0.3 is 6.03 Å². The van der Waals surface area contributed by atoms with Gasteiger partial charge in [-0.15, -0.1) is 11.3 Å². The van der Waals surface area contributed by atoms with Crippen molar-refractivity contribution in [2.24, 2.45) is 13.0 Å². The van der Waals surface area contributed by atoms with E-state index in [1.54, 1.807) is 17.5 Å². The summed E-state index contributed by atoms with van der Waals surface area (Å²) in [7, 11) is 1.95. The average Bonchev–Trinajstić information content (AvgIpc) is 3.24. The monoisotopic (exact) mass is 367 g/mol. The van der Waals surface area contributed by atoms with Gasteiger partial charge in [0, 0.05) is 36.1 Å². The highest BCUT2D eigenvalue weighted by Gasteiger charge is 2.35. The molecule has 1 saturated carbocycles. The van der Waals surface area contributed by atoms with Crippen LogP contribution in [0.1, 0.15) is 29.7 Å². The fourth-order valence-electron chi connectivity index (χ4n) is 3.06. The maximum atomic E-state index is 12.5. The van der Waals surface area contributed by atoms with Crippen LogP contribution >= 0.6 is 11.3 Å². The van der Waals surface area contributed by atoms with E-state index in [-0.39, 0.29) is 12.1 Å². The third kappa shape index (κ3) is 3.62. The Hall–Kier alpha value is -2.67. The second-order valence-corrected chi connectivity index (χ2v) is 7.70. The summed E-state index contributed by atoms with van der Waals surface area (Å²) in [6, 6.07) is 7.49. The quantitative estimate of drug-likeness (QED) is 0.712. The largest absolute Gasteiger partial charge is 0.336 e. The van der Waals surface area contributed by atoms with Crippen molar-refractivity contribution in [3.8, 4) is 11.3 Å². The molecule has 4 rings (SSSR count). The van der Waals surface area contributed by atoms with Gasteiger partial charge < -0.3 is 15.2 Å². The van der Waals surface area contributed by atoms with Gasteiger partial charge in [0.15, 0.2) is 0 Å². The molecule has 134 valence electrons. The van der Waals surface area contributed by atoms with Gasteiger partial charge in [-0.3, -0.25) is 0 Å². The molecule has 1 atom stereocenters. The Morgan fingerprint density at radius 2 is 2.23 bits per heavy atom. The van der Waals surface area contributed by atoms with Crippen molar-refractivity contribution < 1.29 is 4.79 Å². The summed E-state index contributed by atoms with van der Waals surface area (Å²) in [6.45, 7) is 1.99. The molecule has 1 aromatic carbocycles. The number of benzene rings is 1. The molecule has 2 aromatic heterocycles. The van der Waals surface area contributed by atoms with Gasteiger partial charge in [-0.1, -0.05) is 12.1 Å². The Labute approximate surface area is 156 Å². The number of imidazole rings is 1. The number of carbonyl (C=O) groups excluding carboxylic acids is 1. The molecule has 0 unspecified atom stereocenters. The fraction of sp³-hybridized carbons (Fsp3) is 0.316. The van der Waals surface area contributed by atoms with Crippen molar-refractivity contribution in [1.29, 1.82) is 0 Å². The van der Waals surface area contributed by atoms with Crippen molar-refractivity contribution >= 4 is 23.1 Å². The summed E-state index contributed by atoms with van der Waals surface area (Å²) in [5, 5.41) is 9.08. The predicted molar refractivity (Wildman–Crippen MR) is 103 cm³/mol. The number of aryl methyl sites for hydroxylation is 2. The van der Waals surface area contributed by atoms with E-state index in [2.05, 4.69) is 20.6 Å².